The first-order chi connectivity index (χ1) is 12.3. The van der Waals surface area contributed by atoms with Crippen molar-refractivity contribution in [1.82, 2.24) is 14.8 Å². The number of halogens is 1. The van der Waals surface area contributed by atoms with E-state index in [1.807, 2.05) is 34.9 Å². The predicted octanol–water partition coefficient (Wildman–Crippen LogP) is 5.03. The van der Waals surface area contributed by atoms with Crippen LogP contribution in [0, 0.1) is 5.82 Å². The van der Waals surface area contributed by atoms with Gasteiger partial charge in [-0.05, 0) is 42.8 Å². The van der Waals surface area contributed by atoms with E-state index in [0.29, 0.717) is 11.4 Å². The van der Waals surface area contributed by atoms with Gasteiger partial charge in [0.1, 0.15) is 17.9 Å². The standard InChI is InChI=1S/C20H22FN3O/c1-2-3-4-5-13-25-19-11-9-18(10-12-19)24-15-22-23-20(24)16-7-6-8-17(21)14-16/h6-12,14-15H,2-5,13H2,1H3. The average molecular weight is 339 g/mol. The Morgan fingerprint density at radius 1 is 1.04 bits per heavy atom. The summed E-state index contributed by atoms with van der Waals surface area (Å²) in [6.07, 6.45) is 6.37. The molecule has 0 aliphatic carbocycles. The summed E-state index contributed by atoms with van der Waals surface area (Å²) in [5, 5.41) is 8.08. The lowest BCUT2D eigenvalue weighted by molar-refractivity contribution is 0.305. The van der Waals surface area contributed by atoms with E-state index in [1.54, 1.807) is 12.4 Å². The molecule has 0 radical (unpaired) electrons. The highest BCUT2D eigenvalue weighted by Gasteiger charge is 2.10. The predicted molar refractivity (Wildman–Crippen MR) is 96.4 cm³/mol. The van der Waals surface area contributed by atoms with Crippen LogP contribution in [0.4, 0.5) is 4.39 Å². The summed E-state index contributed by atoms with van der Waals surface area (Å²) in [7, 11) is 0. The zero-order valence-corrected chi connectivity index (χ0v) is 14.4. The van der Waals surface area contributed by atoms with Gasteiger partial charge in [0.15, 0.2) is 5.82 Å². The van der Waals surface area contributed by atoms with E-state index in [2.05, 4.69) is 17.1 Å². The van der Waals surface area contributed by atoms with Crippen LogP contribution in [0.5, 0.6) is 5.75 Å². The third-order valence-electron chi connectivity index (χ3n) is 4.01. The first kappa shape index (κ1) is 17.1. The van der Waals surface area contributed by atoms with Crippen LogP contribution in [0.1, 0.15) is 32.6 Å². The summed E-state index contributed by atoms with van der Waals surface area (Å²) in [5.74, 6) is 1.16. The SMILES string of the molecule is CCCCCCOc1ccc(-n2cnnc2-c2cccc(F)c2)cc1. The van der Waals surface area contributed by atoms with Crippen LogP contribution in [0.2, 0.25) is 0 Å². The van der Waals surface area contributed by atoms with E-state index in [4.69, 9.17) is 4.74 Å². The number of aromatic nitrogens is 3. The van der Waals surface area contributed by atoms with Crippen molar-refractivity contribution in [2.75, 3.05) is 6.61 Å². The summed E-state index contributed by atoms with van der Waals surface area (Å²) >= 11 is 0. The van der Waals surface area contributed by atoms with Crippen LogP contribution < -0.4 is 4.74 Å². The van der Waals surface area contributed by atoms with Gasteiger partial charge in [-0.25, -0.2) is 4.39 Å². The van der Waals surface area contributed by atoms with Crippen molar-refractivity contribution < 1.29 is 9.13 Å². The summed E-state index contributed by atoms with van der Waals surface area (Å²) in [5.41, 5.74) is 1.59. The van der Waals surface area contributed by atoms with E-state index in [1.165, 1.54) is 31.4 Å². The Morgan fingerprint density at radius 2 is 1.88 bits per heavy atom. The first-order valence-corrected chi connectivity index (χ1v) is 8.67. The minimum Gasteiger partial charge on any atom is -0.494 e. The molecular formula is C20H22FN3O. The highest BCUT2D eigenvalue weighted by atomic mass is 19.1. The topological polar surface area (TPSA) is 39.9 Å². The molecule has 0 saturated heterocycles. The lowest BCUT2D eigenvalue weighted by Gasteiger charge is -2.09. The maximum atomic E-state index is 13.5. The molecule has 0 amide bonds. The Kier molecular flexibility index (Phi) is 5.77. The monoisotopic (exact) mass is 339 g/mol. The fourth-order valence-corrected chi connectivity index (χ4v) is 2.67. The molecule has 0 unspecified atom stereocenters. The minimum atomic E-state index is -0.293. The number of rotatable bonds is 8. The van der Waals surface area contributed by atoms with Crippen molar-refractivity contribution in [2.24, 2.45) is 0 Å². The van der Waals surface area contributed by atoms with Gasteiger partial charge in [0.05, 0.1) is 6.61 Å². The quantitative estimate of drug-likeness (QED) is 0.540. The lowest BCUT2D eigenvalue weighted by Crippen LogP contribution is -1.99. The fraction of sp³-hybridized carbons (Fsp3) is 0.300. The molecule has 1 heterocycles. The maximum absolute atomic E-state index is 13.5. The van der Waals surface area contributed by atoms with E-state index >= 15 is 0 Å². The highest BCUT2D eigenvalue weighted by molar-refractivity contribution is 5.58. The Labute approximate surface area is 147 Å². The van der Waals surface area contributed by atoms with Crippen LogP contribution in [-0.2, 0) is 0 Å². The van der Waals surface area contributed by atoms with E-state index < -0.39 is 0 Å². The van der Waals surface area contributed by atoms with Gasteiger partial charge in [-0.2, -0.15) is 0 Å². The Morgan fingerprint density at radius 3 is 2.64 bits per heavy atom. The second-order valence-corrected chi connectivity index (χ2v) is 5.94. The molecule has 3 rings (SSSR count). The van der Waals surface area contributed by atoms with Gasteiger partial charge < -0.3 is 4.74 Å². The molecule has 1 aromatic heterocycles. The van der Waals surface area contributed by atoms with Gasteiger partial charge in [-0.15, -0.1) is 10.2 Å². The highest BCUT2D eigenvalue weighted by Crippen LogP contribution is 2.23. The molecule has 5 heteroatoms. The zero-order valence-electron chi connectivity index (χ0n) is 14.4. The molecule has 130 valence electrons. The number of hydrogen-bond acceptors (Lipinski definition) is 3. The van der Waals surface area contributed by atoms with Crippen LogP contribution in [0.25, 0.3) is 17.1 Å². The molecular weight excluding hydrogens is 317 g/mol. The van der Waals surface area contributed by atoms with E-state index in [9.17, 15) is 4.39 Å². The molecule has 0 fully saturated rings. The van der Waals surface area contributed by atoms with E-state index in [0.717, 1.165) is 24.5 Å². The summed E-state index contributed by atoms with van der Waals surface area (Å²) in [6, 6.07) is 14.1. The largest absolute Gasteiger partial charge is 0.494 e. The van der Waals surface area contributed by atoms with E-state index in [-0.39, 0.29) is 5.82 Å². The number of ether oxygens (including phenoxy) is 1. The van der Waals surface area contributed by atoms with Crippen LogP contribution in [-0.4, -0.2) is 21.4 Å². The molecule has 0 aliphatic heterocycles. The smallest absolute Gasteiger partial charge is 0.168 e. The number of benzene rings is 2. The van der Waals surface area contributed by atoms with Crippen LogP contribution in [0.3, 0.4) is 0 Å². The molecule has 3 aromatic rings. The molecule has 0 atom stereocenters. The zero-order chi connectivity index (χ0) is 17.5. The second kappa shape index (κ2) is 8.42. The summed E-state index contributed by atoms with van der Waals surface area (Å²) in [6.45, 7) is 2.93. The van der Waals surface area contributed by atoms with Crippen molar-refractivity contribution in [1.29, 1.82) is 0 Å². The van der Waals surface area contributed by atoms with Gasteiger partial charge in [0.2, 0.25) is 0 Å². The normalized spacial score (nSPS) is 10.8. The third-order valence-corrected chi connectivity index (χ3v) is 4.01. The van der Waals surface area contributed by atoms with Gasteiger partial charge >= 0.3 is 0 Å². The van der Waals surface area contributed by atoms with Crippen molar-refractivity contribution in [3.05, 3.63) is 60.7 Å². The minimum absolute atomic E-state index is 0.293. The second-order valence-electron chi connectivity index (χ2n) is 5.94. The number of unbranched alkanes of at least 4 members (excludes halogenated alkanes) is 3. The van der Waals surface area contributed by atoms with Gasteiger partial charge in [-0.1, -0.05) is 38.3 Å². The average Bonchev–Trinajstić information content (AvgIpc) is 3.12. The van der Waals surface area contributed by atoms with Crippen molar-refractivity contribution >= 4 is 0 Å². The Bertz CT molecular complexity index is 799. The molecule has 0 bridgehead atoms. The molecule has 0 saturated carbocycles. The maximum Gasteiger partial charge on any atom is 0.168 e. The third kappa shape index (κ3) is 4.44. The van der Waals surface area contributed by atoms with Gasteiger partial charge in [0, 0.05) is 11.3 Å². The lowest BCUT2D eigenvalue weighted by atomic mass is 10.2. The Hall–Kier alpha value is -2.69. The molecule has 4 nitrogen and oxygen atoms in total. The molecule has 2 aromatic carbocycles. The molecule has 25 heavy (non-hydrogen) atoms. The van der Waals surface area contributed by atoms with Crippen molar-refractivity contribution in [2.45, 2.75) is 32.6 Å². The molecule has 0 aliphatic rings. The summed E-state index contributed by atoms with van der Waals surface area (Å²) < 4.78 is 21.1. The van der Waals surface area contributed by atoms with Gasteiger partial charge in [0.25, 0.3) is 0 Å². The number of hydrogen-bond donors (Lipinski definition) is 0. The first-order valence-electron chi connectivity index (χ1n) is 8.67. The summed E-state index contributed by atoms with van der Waals surface area (Å²) in [4.78, 5) is 0. The van der Waals surface area contributed by atoms with Crippen LogP contribution in [0.15, 0.2) is 54.9 Å². The van der Waals surface area contributed by atoms with Crippen LogP contribution >= 0.6 is 0 Å². The van der Waals surface area contributed by atoms with Crippen molar-refractivity contribution in [3.63, 3.8) is 0 Å². The van der Waals surface area contributed by atoms with Gasteiger partial charge in [-0.3, -0.25) is 4.57 Å². The fourth-order valence-electron chi connectivity index (χ4n) is 2.67. The molecule has 0 N–H and O–H groups in total. The number of nitrogens with zero attached hydrogens (tertiary/aromatic N) is 3. The Balaban J connectivity index is 1.70. The van der Waals surface area contributed by atoms with Crippen molar-refractivity contribution in [3.8, 4) is 22.8 Å². The molecule has 0 spiro atoms.